The van der Waals surface area contributed by atoms with Gasteiger partial charge in [-0.1, -0.05) is 29.3 Å². The molecule has 0 bridgehead atoms. The van der Waals surface area contributed by atoms with E-state index in [0.29, 0.717) is 44.0 Å². The summed E-state index contributed by atoms with van der Waals surface area (Å²) in [7, 11) is -3.75. The van der Waals surface area contributed by atoms with Gasteiger partial charge in [-0.15, -0.1) is 0 Å². The van der Waals surface area contributed by atoms with E-state index in [1.165, 1.54) is 16.4 Å². The number of benzene rings is 1. The van der Waals surface area contributed by atoms with E-state index in [1.807, 2.05) is 23.1 Å². The van der Waals surface area contributed by atoms with Crippen molar-refractivity contribution in [2.75, 3.05) is 39.3 Å². The Kier molecular flexibility index (Phi) is 7.37. The van der Waals surface area contributed by atoms with Crippen molar-refractivity contribution >= 4 is 39.1 Å². The first-order chi connectivity index (χ1) is 15.3. The lowest BCUT2D eigenvalue weighted by atomic mass is 9.96. The molecule has 0 radical (unpaired) electrons. The number of carbonyl (C=O) groups excluding carboxylic acids is 1. The van der Waals surface area contributed by atoms with Gasteiger partial charge in [-0.05, 0) is 43.2 Å². The van der Waals surface area contributed by atoms with Crippen molar-refractivity contribution in [1.82, 2.24) is 19.1 Å². The zero-order chi connectivity index (χ0) is 22.7. The van der Waals surface area contributed by atoms with Crippen LogP contribution in [-0.4, -0.2) is 72.7 Å². The summed E-state index contributed by atoms with van der Waals surface area (Å²) in [4.78, 5) is 21.6. The molecule has 32 heavy (non-hydrogen) atoms. The highest BCUT2D eigenvalue weighted by molar-refractivity contribution is 7.89. The monoisotopic (exact) mass is 496 g/mol. The van der Waals surface area contributed by atoms with Gasteiger partial charge in [0.05, 0.1) is 10.7 Å². The Hall–Kier alpha value is -1.71. The molecule has 2 aromatic rings. The predicted molar refractivity (Wildman–Crippen MR) is 124 cm³/mol. The number of sulfonamides is 1. The Morgan fingerprint density at radius 2 is 1.72 bits per heavy atom. The van der Waals surface area contributed by atoms with Crippen LogP contribution in [0.5, 0.6) is 0 Å². The molecule has 2 fully saturated rings. The molecule has 2 aliphatic rings. The van der Waals surface area contributed by atoms with E-state index in [4.69, 9.17) is 23.2 Å². The van der Waals surface area contributed by atoms with Crippen molar-refractivity contribution in [3.8, 4) is 0 Å². The van der Waals surface area contributed by atoms with E-state index in [1.54, 1.807) is 12.3 Å². The second kappa shape index (κ2) is 10.1. The van der Waals surface area contributed by atoms with E-state index < -0.39 is 10.0 Å². The standard InChI is InChI=1S/C22H26Cl2N4O3S/c23-18-4-5-20(24)21(15-18)32(30,31)28-9-6-17(7-10-28)22(29)27-13-11-26(12-14-27)16-19-3-1-2-8-25-19/h1-5,8,15,17H,6-7,9-14,16H2. The minimum Gasteiger partial charge on any atom is -0.340 e. The Morgan fingerprint density at radius 1 is 1.00 bits per heavy atom. The number of aromatic nitrogens is 1. The van der Waals surface area contributed by atoms with Crippen LogP contribution < -0.4 is 0 Å². The smallest absolute Gasteiger partial charge is 0.244 e. The van der Waals surface area contributed by atoms with Gasteiger partial charge >= 0.3 is 0 Å². The van der Waals surface area contributed by atoms with Gasteiger partial charge < -0.3 is 4.90 Å². The lowest BCUT2D eigenvalue weighted by molar-refractivity contribution is -0.138. The summed E-state index contributed by atoms with van der Waals surface area (Å²) in [6.45, 7) is 4.35. The van der Waals surface area contributed by atoms with Gasteiger partial charge in [0.25, 0.3) is 0 Å². The van der Waals surface area contributed by atoms with Crippen LogP contribution in [0, 0.1) is 5.92 Å². The summed E-state index contributed by atoms with van der Waals surface area (Å²) in [5.41, 5.74) is 1.03. The summed E-state index contributed by atoms with van der Waals surface area (Å²) in [5.74, 6) is -0.0288. The third kappa shape index (κ3) is 5.26. The Morgan fingerprint density at radius 3 is 2.38 bits per heavy atom. The largest absolute Gasteiger partial charge is 0.340 e. The second-order valence-electron chi connectivity index (χ2n) is 8.18. The zero-order valence-corrected chi connectivity index (χ0v) is 20.0. The Bertz CT molecular complexity index is 1050. The molecule has 1 aromatic heterocycles. The summed E-state index contributed by atoms with van der Waals surface area (Å²) in [6.07, 6.45) is 2.80. The van der Waals surface area contributed by atoms with Crippen molar-refractivity contribution < 1.29 is 13.2 Å². The average Bonchev–Trinajstić information content (AvgIpc) is 2.81. The van der Waals surface area contributed by atoms with Crippen molar-refractivity contribution in [3.63, 3.8) is 0 Å². The number of hydrogen-bond acceptors (Lipinski definition) is 5. The average molecular weight is 497 g/mol. The van der Waals surface area contributed by atoms with Crippen molar-refractivity contribution in [1.29, 1.82) is 0 Å². The van der Waals surface area contributed by atoms with E-state index in [-0.39, 0.29) is 21.7 Å². The lowest BCUT2D eigenvalue weighted by Crippen LogP contribution is -2.51. The van der Waals surface area contributed by atoms with E-state index in [0.717, 1.165) is 25.3 Å². The molecule has 0 unspecified atom stereocenters. The molecule has 1 amide bonds. The third-order valence-electron chi connectivity index (χ3n) is 6.11. The first-order valence-corrected chi connectivity index (χ1v) is 12.9. The molecular formula is C22H26Cl2N4O3S. The topological polar surface area (TPSA) is 73.8 Å². The molecular weight excluding hydrogens is 471 g/mol. The summed E-state index contributed by atoms with van der Waals surface area (Å²) < 4.78 is 27.4. The summed E-state index contributed by atoms with van der Waals surface area (Å²) in [6, 6.07) is 10.3. The molecule has 2 aliphatic heterocycles. The van der Waals surface area contributed by atoms with Crippen LogP contribution >= 0.6 is 23.2 Å². The van der Waals surface area contributed by atoms with Crippen LogP contribution in [0.25, 0.3) is 0 Å². The summed E-state index contributed by atoms with van der Waals surface area (Å²) in [5, 5.41) is 0.469. The maximum absolute atomic E-state index is 13.0. The molecule has 4 rings (SSSR count). The van der Waals surface area contributed by atoms with Crippen molar-refractivity contribution in [2.24, 2.45) is 5.92 Å². The van der Waals surface area contributed by atoms with Crippen molar-refractivity contribution in [3.05, 3.63) is 58.3 Å². The highest BCUT2D eigenvalue weighted by Crippen LogP contribution is 2.31. The SMILES string of the molecule is O=C(C1CCN(S(=O)(=O)c2cc(Cl)ccc2Cl)CC1)N1CCN(Cc2ccccn2)CC1. The first-order valence-electron chi connectivity index (χ1n) is 10.7. The molecule has 0 spiro atoms. The third-order valence-corrected chi connectivity index (χ3v) is 8.73. The van der Waals surface area contributed by atoms with Gasteiger partial charge in [-0.3, -0.25) is 14.7 Å². The second-order valence-corrected chi connectivity index (χ2v) is 10.9. The molecule has 0 saturated carbocycles. The van der Waals surface area contributed by atoms with Gasteiger partial charge in [-0.2, -0.15) is 4.31 Å². The summed E-state index contributed by atoms with van der Waals surface area (Å²) >= 11 is 12.1. The van der Waals surface area contributed by atoms with E-state index in [9.17, 15) is 13.2 Å². The minimum absolute atomic E-state index is 0.0143. The van der Waals surface area contributed by atoms with Gasteiger partial charge in [-0.25, -0.2) is 8.42 Å². The van der Waals surface area contributed by atoms with E-state index >= 15 is 0 Å². The highest BCUT2D eigenvalue weighted by Gasteiger charge is 2.35. The fourth-order valence-electron chi connectivity index (χ4n) is 4.26. The van der Waals surface area contributed by atoms with Crippen LogP contribution in [0.15, 0.2) is 47.5 Å². The Balaban J connectivity index is 1.30. The molecule has 0 aliphatic carbocycles. The number of halogens is 2. The molecule has 0 N–H and O–H groups in total. The van der Waals surface area contributed by atoms with Gasteiger partial charge in [0.15, 0.2) is 0 Å². The number of hydrogen-bond donors (Lipinski definition) is 0. The number of rotatable bonds is 5. The van der Waals surface area contributed by atoms with Crippen molar-refractivity contribution in [2.45, 2.75) is 24.3 Å². The maximum Gasteiger partial charge on any atom is 0.244 e. The fraction of sp³-hybridized carbons (Fsp3) is 0.455. The quantitative estimate of drug-likeness (QED) is 0.635. The number of piperidine rings is 1. The molecule has 1 aromatic carbocycles. The first kappa shape index (κ1) is 23.4. The van der Waals surface area contributed by atoms with Crippen LogP contribution in [-0.2, 0) is 21.4 Å². The van der Waals surface area contributed by atoms with Gasteiger partial charge in [0, 0.05) is 63.0 Å². The molecule has 3 heterocycles. The molecule has 10 heteroatoms. The number of nitrogens with zero attached hydrogens (tertiary/aromatic N) is 4. The van der Waals surface area contributed by atoms with Gasteiger partial charge in [0.1, 0.15) is 4.90 Å². The van der Waals surface area contributed by atoms with Gasteiger partial charge in [0.2, 0.25) is 15.9 Å². The number of piperazine rings is 1. The highest BCUT2D eigenvalue weighted by atomic mass is 35.5. The predicted octanol–water partition coefficient (Wildman–Crippen LogP) is 3.13. The lowest BCUT2D eigenvalue weighted by Gasteiger charge is -2.38. The number of amides is 1. The fourth-order valence-corrected chi connectivity index (χ4v) is 6.47. The van der Waals surface area contributed by atoms with Crippen LogP contribution in [0.3, 0.4) is 0 Å². The minimum atomic E-state index is -3.75. The molecule has 172 valence electrons. The number of carbonyl (C=O) groups is 1. The van der Waals surface area contributed by atoms with E-state index in [2.05, 4.69) is 9.88 Å². The van der Waals surface area contributed by atoms with Crippen LogP contribution in [0.4, 0.5) is 0 Å². The maximum atomic E-state index is 13.0. The normalized spacial score (nSPS) is 19.2. The molecule has 0 atom stereocenters. The van der Waals surface area contributed by atoms with Crippen LogP contribution in [0.2, 0.25) is 10.0 Å². The molecule has 2 saturated heterocycles. The number of pyridine rings is 1. The van der Waals surface area contributed by atoms with Crippen LogP contribution in [0.1, 0.15) is 18.5 Å². The Labute approximate surface area is 199 Å². The zero-order valence-electron chi connectivity index (χ0n) is 17.7. The molecule has 7 nitrogen and oxygen atoms in total.